The standard InChI is InChI=1S/C17H13F2NO2/c1-10-13-8-12(18)6-7-15(13)22-16(10)17(21)20-9-11-4-2-3-5-14(11)19/h2-8H,9H2,1H3,(H,20,21). The van der Waals surface area contributed by atoms with Crippen LogP contribution >= 0.6 is 0 Å². The molecule has 3 rings (SSSR count). The summed E-state index contributed by atoms with van der Waals surface area (Å²) in [5.41, 5.74) is 1.38. The lowest BCUT2D eigenvalue weighted by atomic mass is 10.1. The number of furan rings is 1. The molecule has 1 aromatic heterocycles. The number of hydrogen-bond donors (Lipinski definition) is 1. The number of benzene rings is 2. The van der Waals surface area contributed by atoms with Crippen LogP contribution in [0, 0.1) is 18.6 Å². The summed E-state index contributed by atoms with van der Waals surface area (Å²) in [6.45, 7) is 1.74. The fraction of sp³-hybridized carbons (Fsp3) is 0.118. The minimum absolute atomic E-state index is 0.0519. The van der Waals surface area contributed by atoms with E-state index in [2.05, 4.69) is 5.32 Å². The second kappa shape index (κ2) is 5.60. The first-order valence-electron chi connectivity index (χ1n) is 6.76. The van der Waals surface area contributed by atoms with Crippen LogP contribution in [0.1, 0.15) is 21.7 Å². The second-order valence-corrected chi connectivity index (χ2v) is 4.97. The van der Waals surface area contributed by atoms with Gasteiger partial charge in [0.1, 0.15) is 17.2 Å². The van der Waals surface area contributed by atoms with Crippen molar-refractivity contribution in [2.45, 2.75) is 13.5 Å². The topological polar surface area (TPSA) is 42.2 Å². The number of fused-ring (bicyclic) bond motifs is 1. The van der Waals surface area contributed by atoms with E-state index in [0.717, 1.165) is 0 Å². The number of hydrogen-bond acceptors (Lipinski definition) is 2. The summed E-state index contributed by atoms with van der Waals surface area (Å²) in [4.78, 5) is 12.2. The third-order valence-electron chi connectivity index (χ3n) is 3.50. The van der Waals surface area contributed by atoms with Gasteiger partial charge in [-0.25, -0.2) is 8.78 Å². The van der Waals surface area contributed by atoms with Gasteiger partial charge in [-0.3, -0.25) is 4.79 Å². The molecule has 0 aliphatic rings. The minimum Gasteiger partial charge on any atom is -0.451 e. The Hall–Kier alpha value is -2.69. The molecule has 0 aliphatic carbocycles. The van der Waals surface area contributed by atoms with Gasteiger partial charge in [-0.15, -0.1) is 0 Å². The summed E-state index contributed by atoms with van der Waals surface area (Å²) in [7, 11) is 0. The van der Waals surface area contributed by atoms with Crippen LogP contribution in [0.2, 0.25) is 0 Å². The van der Waals surface area contributed by atoms with Crippen LogP contribution in [0.4, 0.5) is 8.78 Å². The molecule has 0 radical (unpaired) electrons. The van der Waals surface area contributed by atoms with Crippen molar-refractivity contribution >= 4 is 16.9 Å². The van der Waals surface area contributed by atoms with Gasteiger partial charge in [-0.05, 0) is 31.2 Å². The highest BCUT2D eigenvalue weighted by molar-refractivity contribution is 5.98. The van der Waals surface area contributed by atoms with Crippen LogP contribution < -0.4 is 5.32 Å². The number of halogens is 2. The average Bonchev–Trinajstić information content (AvgIpc) is 2.83. The summed E-state index contributed by atoms with van der Waals surface area (Å²) in [5.74, 6) is -1.13. The highest BCUT2D eigenvalue weighted by Gasteiger charge is 2.18. The predicted octanol–water partition coefficient (Wildman–Crippen LogP) is 3.95. The van der Waals surface area contributed by atoms with Gasteiger partial charge < -0.3 is 9.73 Å². The van der Waals surface area contributed by atoms with Crippen molar-refractivity contribution in [3.63, 3.8) is 0 Å². The van der Waals surface area contributed by atoms with E-state index in [-0.39, 0.29) is 18.1 Å². The van der Waals surface area contributed by atoms with Gasteiger partial charge in [0.15, 0.2) is 5.76 Å². The van der Waals surface area contributed by atoms with Crippen LogP contribution in [0.3, 0.4) is 0 Å². The summed E-state index contributed by atoms with van der Waals surface area (Å²) in [5, 5.41) is 3.16. The average molecular weight is 301 g/mol. The van der Waals surface area contributed by atoms with E-state index in [9.17, 15) is 13.6 Å². The van der Waals surface area contributed by atoms with Crippen molar-refractivity contribution in [1.29, 1.82) is 0 Å². The van der Waals surface area contributed by atoms with Crippen molar-refractivity contribution in [2.24, 2.45) is 0 Å². The zero-order valence-corrected chi connectivity index (χ0v) is 11.8. The fourth-order valence-electron chi connectivity index (χ4n) is 2.31. The van der Waals surface area contributed by atoms with Crippen LogP contribution in [0.25, 0.3) is 11.0 Å². The van der Waals surface area contributed by atoms with E-state index in [1.807, 2.05) is 0 Å². The lowest BCUT2D eigenvalue weighted by molar-refractivity contribution is 0.0924. The van der Waals surface area contributed by atoms with Crippen LogP contribution in [-0.4, -0.2) is 5.91 Å². The fourth-order valence-corrected chi connectivity index (χ4v) is 2.31. The lowest BCUT2D eigenvalue weighted by Crippen LogP contribution is -2.23. The van der Waals surface area contributed by atoms with Crippen LogP contribution in [0.5, 0.6) is 0 Å². The summed E-state index contributed by atoms with van der Waals surface area (Å²) in [6.07, 6.45) is 0. The largest absolute Gasteiger partial charge is 0.451 e. The molecule has 3 nitrogen and oxygen atoms in total. The molecular formula is C17H13F2NO2. The molecule has 0 bridgehead atoms. The SMILES string of the molecule is Cc1c(C(=O)NCc2ccccc2F)oc2ccc(F)cc12. The zero-order chi connectivity index (χ0) is 15.7. The maximum atomic E-state index is 13.5. The summed E-state index contributed by atoms with van der Waals surface area (Å²) in [6, 6.07) is 10.3. The quantitative estimate of drug-likeness (QED) is 0.796. The number of carbonyl (C=O) groups excluding carboxylic acids is 1. The first-order chi connectivity index (χ1) is 10.6. The van der Waals surface area contributed by atoms with Crippen LogP contribution in [-0.2, 0) is 6.54 Å². The van der Waals surface area contributed by atoms with Crippen molar-refractivity contribution < 1.29 is 18.0 Å². The Morgan fingerprint density at radius 3 is 2.73 bits per heavy atom. The number of amides is 1. The third-order valence-corrected chi connectivity index (χ3v) is 3.50. The Morgan fingerprint density at radius 1 is 1.18 bits per heavy atom. The minimum atomic E-state index is -0.461. The molecule has 22 heavy (non-hydrogen) atoms. The zero-order valence-electron chi connectivity index (χ0n) is 11.8. The smallest absolute Gasteiger partial charge is 0.287 e. The molecule has 0 atom stereocenters. The number of rotatable bonds is 3. The molecule has 0 spiro atoms. The molecule has 0 saturated heterocycles. The van der Waals surface area contributed by atoms with Gasteiger partial charge in [0.05, 0.1) is 0 Å². The Morgan fingerprint density at radius 2 is 1.95 bits per heavy atom. The van der Waals surface area contributed by atoms with Crippen molar-refractivity contribution in [2.75, 3.05) is 0 Å². The van der Waals surface area contributed by atoms with E-state index in [1.54, 1.807) is 25.1 Å². The third kappa shape index (κ3) is 2.57. The van der Waals surface area contributed by atoms with Gasteiger partial charge >= 0.3 is 0 Å². The van der Waals surface area contributed by atoms with Crippen molar-refractivity contribution in [3.8, 4) is 0 Å². The van der Waals surface area contributed by atoms with E-state index < -0.39 is 11.7 Å². The van der Waals surface area contributed by atoms with E-state index in [4.69, 9.17) is 4.42 Å². The Balaban J connectivity index is 1.83. The molecule has 3 aromatic rings. The summed E-state index contributed by atoms with van der Waals surface area (Å²) < 4.78 is 32.2. The number of carbonyl (C=O) groups is 1. The highest BCUT2D eigenvalue weighted by Crippen LogP contribution is 2.26. The van der Waals surface area contributed by atoms with Gasteiger partial charge in [0.2, 0.25) is 0 Å². The number of nitrogens with one attached hydrogen (secondary N) is 1. The first kappa shape index (κ1) is 14.3. The van der Waals surface area contributed by atoms with Gasteiger partial charge in [0.25, 0.3) is 5.91 Å². The van der Waals surface area contributed by atoms with E-state index in [0.29, 0.717) is 22.1 Å². The molecule has 0 aliphatic heterocycles. The Labute approximate surface area is 125 Å². The normalized spacial score (nSPS) is 10.9. The Kier molecular flexibility index (Phi) is 3.63. The maximum Gasteiger partial charge on any atom is 0.287 e. The van der Waals surface area contributed by atoms with Gasteiger partial charge in [-0.1, -0.05) is 18.2 Å². The van der Waals surface area contributed by atoms with E-state index in [1.165, 1.54) is 24.3 Å². The maximum absolute atomic E-state index is 13.5. The summed E-state index contributed by atoms with van der Waals surface area (Å²) >= 11 is 0. The molecule has 2 aromatic carbocycles. The van der Waals surface area contributed by atoms with E-state index >= 15 is 0 Å². The Bertz CT molecular complexity index is 855. The van der Waals surface area contributed by atoms with Crippen LogP contribution in [0.15, 0.2) is 46.9 Å². The molecule has 1 heterocycles. The monoisotopic (exact) mass is 301 g/mol. The second-order valence-electron chi connectivity index (χ2n) is 4.97. The predicted molar refractivity (Wildman–Crippen MR) is 78.5 cm³/mol. The van der Waals surface area contributed by atoms with Gasteiger partial charge in [0, 0.05) is 23.1 Å². The molecule has 1 N–H and O–H groups in total. The highest BCUT2D eigenvalue weighted by atomic mass is 19.1. The molecular weight excluding hydrogens is 288 g/mol. The molecule has 0 unspecified atom stereocenters. The number of aryl methyl sites for hydroxylation is 1. The van der Waals surface area contributed by atoms with Crippen molar-refractivity contribution in [3.05, 3.63) is 71.0 Å². The molecule has 0 fully saturated rings. The molecule has 5 heteroatoms. The molecule has 112 valence electrons. The molecule has 1 amide bonds. The van der Waals surface area contributed by atoms with Crippen molar-refractivity contribution in [1.82, 2.24) is 5.32 Å². The lowest BCUT2D eigenvalue weighted by Gasteiger charge is -2.05. The molecule has 0 saturated carbocycles. The first-order valence-corrected chi connectivity index (χ1v) is 6.76. The van der Waals surface area contributed by atoms with Gasteiger partial charge in [-0.2, -0.15) is 0 Å².